The number of anilines is 2. The van der Waals surface area contributed by atoms with Crippen LogP contribution in [0.15, 0.2) is 107 Å². The van der Waals surface area contributed by atoms with E-state index in [-0.39, 0.29) is 11.6 Å². The molecule has 4 N–H and O–H groups in total. The van der Waals surface area contributed by atoms with Gasteiger partial charge in [0.25, 0.3) is 0 Å². The minimum absolute atomic E-state index is 0.132. The molecule has 0 aliphatic carbocycles. The highest BCUT2D eigenvalue weighted by Gasteiger charge is 2.18. The summed E-state index contributed by atoms with van der Waals surface area (Å²) in [6.45, 7) is 0. The van der Waals surface area contributed by atoms with Gasteiger partial charge in [0.1, 0.15) is 0 Å². The lowest BCUT2D eigenvalue weighted by atomic mass is 10.0. The first-order chi connectivity index (χ1) is 15.4. The van der Waals surface area contributed by atoms with Crippen molar-refractivity contribution in [3.05, 3.63) is 119 Å². The molecule has 6 heteroatoms. The normalized spacial score (nSPS) is 10.8. The minimum atomic E-state index is -1.44. The molecule has 0 aliphatic heterocycles. The molecule has 0 saturated heterocycles. The SMILES string of the molecule is Nc1ccc(C(=O)c2ccc([S+]([O-])c3ccc(C(=O)c4ccc(N)cc4)cc3)cc2)cc1. The monoisotopic (exact) mass is 440 g/mol. The third-order valence-electron chi connectivity index (χ3n) is 5.01. The van der Waals surface area contributed by atoms with E-state index in [9.17, 15) is 14.1 Å². The van der Waals surface area contributed by atoms with Gasteiger partial charge in [0.15, 0.2) is 21.4 Å². The van der Waals surface area contributed by atoms with Crippen LogP contribution in [0, 0.1) is 0 Å². The summed E-state index contributed by atoms with van der Waals surface area (Å²) in [4.78, 5) is 26.3. The first-order valence-corrected chi connectivity index (χ1v) is 11.0. The zero-order chi connectivity index (χ0) is 22.7. The lowest BCUT2D eigenvalue weighted by Crippen LogP contribution is -2.06. The minimum Gasteiger partial charge on any atom is -0.606 e. The van der Waals surface area contributed by atoms with E-state index in [1.54, 1.807) is 97.1 Å². The van der Waals surface area contributed by atoms with Gasteiger partial charge < -0.3 is 16.0 Å². The molecule has 32 heavy (non-hydrogen) atoms. The molecule has 0 bridgehead atoms. The van der Waals surface area contributed by atoms with E-state index >= 15 is 0 Å². The van der Waals surface area contributed by atoms with Gasteiger partial charge >= 0.3 is 0 Å². The molecule has 0 fully saturated rings. The number of nitrogen functional groups attached to an aromatic ring is 2. The van der Waals surface area contributed by atoms with Crippen molar-refractivity contribution in [1.29, 1.82) is 0 Å². The molecule has 0 unspecified atom stereocenters. The number of carbonyl (C=O) groups excluding carboxylic acids is 2. The van der Waals surface area contributed by atoms with E-state index in [0.29, 0.717) is 43.4 Å². The van der Waals surface area contributed by atoms with Crippen LogP contribution < -0.4 is 11.5 Å². The Morgan fingerprint density at radius 3 is 1.03 bits per heavy atom. The Kier molecular flexibility index (Phi) is 6.07. The molecule has 0 radical (unpaired) electrons. The summed E-state index contributed by atoms with van der Waals surface area (Å²) < 4.78 is 12.9. The van der Waals surface area contributed by atoms with Gasteiger partial charge in [-0.2, -0.15) is 0 Å². The zero-order valence-corrected chi connectivity index (χ0v) is 17.8. The second-order valence-electron chi connectivity index (χ2n) is 7.22. The largest absolute Gasteiger partial charge is 0.606 e. The van der Waals surface area contributed by atoms with Crippen LogP contribution in [0.5, 0.6) is 0 Å². The van der Waals surface area contributed by atoms with E-state index in [0.717, 1.165) is 0 Å². The van der Waals surface area contributed by atoms with Crippen molar-refractivity contribution in [2.45, 2.75) is 9.79 Å². The van der Waals surface area contributed by atoms with Crippen LogP contribution in [0.3, 0.4) is 0 Å². The van der Waals surface area contributed by atoms with E-state index in [1.807, 2.05) is 0 Å². The number of rotatable bonds is 6. The third kappa shape index (κ3) is 4.56. The van der Waals surface area contributed by atoms with Crippen LogP contribution in [0.25, 0.3) is 0 Å². The fourth-order valence-corrected chi connectivity index (χ4v) is 4.24. The number of nitrogens with two attached hydrogens (primary N) is 2. The highest BCUT2D eigenvalue weighted by atomic mass is 32.2. The second kappa shape index (κ2) is 9.09. The molecule has 4 aromatic rings. The van der Waals surface area contributed by atoms with Gasteiger partial charge in [0.2, 0.25) is 0 Å². The molecule has 0 heterocycles. The topological polar surface area (TPSA) is 109 Å². The molecular formula is C26H20N2O3S. The molecule has 0 spiro atoms. The van der Waals surface area contributed by atoms with Crippen LogP contribution in [-0.2, 0) is 11.2 Å². The van der Waals surface area contributed by atoms with Crippen LogP contribution in [0.2, 0.25) is 0 Å². The number of benzene rings is 4. The van der Waals surface area contributed by atoms with Crippen LogP contribution in [0.4, 0.5) is 11.4 Å². The molecule has 4 aromatic carbocycles. The van der Waals surface area contributed by atoms with E-state index < -0.39 is 11.2 Å². The van der Waals surface area contributed by atoms with Gasteiger partial charge in [-0.3, -0.25) is 9.59 Å². The van der Waals surface area contributed by atoms with Crippen molar-refractivity contribution < 1.29 is 14.1 Å². The Hall–Kier alpha value is -3.87. The van der Waals surface area contributed by atoms with Gasteiger partial charge in [0.05, 0.1) is 0 Å². The number of hydrogen-bond acceptors (Lipinski definition) is 5. The van der Waals surface area contributed by atoms with Crippen LogP contribution in [-0.4, -0.2) is 16.1 Å². The number of ketones is 2. The van der Waals surface area contributed by atoms with Crippen molar-refractivity contribution in [3.63, 3.8) is 0 Å². The molecular weight excluding hydrogens is 420 g/mol. The summed E-state index contributed by atoms with van der Waals surface area (Å²) in [6, 6.07) is 26.8. The quantitative estimate of drug-likeness (QED) is 0.261. The maximum Gasteiger partial charge on any atom is 0.193 e. The van der Waals surface area contributed by atoms with Crippen LogP contribution in [0.1, 0.15) is 31.8 Å². The van der Waals surface area contributed by atoms with Crippen molar-refractivity contribution in [2.75, 3.05) is 11.5 Å². The molecule has 0 amide bonds. The fraction of sp³-hybridized carbons (Fsp3) is 0. The summed E-state index contributed by atoms with van der Waals surface area (Å²) in [5.74, 6) is -0.263. The van der Waals surface area contributed by atoms with E-state index in [4.69, 9.17) is 11.5 Å². The molecule has 4 rings (SSSR count). The van der Waals surface area contributed by atoms with Gasteiger partial charge in [-0.05, 0) is 97.1 Å². The van der Waals surface area contributed by atoms with Crippen molar-refractivity contribution in [1.82, 2.24) is 0 Å². The first-order valence-electron chi connectivity index (χ1n) is 9.85. The molecule has 0 atom stereocenters. The van der Waals surface area contributed by atoms with Crippen molar-refractivity contribution in [3.8, 4) is 0 Å². The number of carbonyl (C=O) groups is 2. The molecule has 0 aliphatic rings. The molecule has 5 nitrogen and oxygen atoms in total. The lowest BCUT2D eigenvalue weighted by Gasteiger charge is -2.11. The summed E-state index contributed by atoms with van der Waals surface area (Å²) in [5, 5.41) is 0. The predicted molar refractivity (Wildman–Crippen MR) is 126 cm³/mol. The summed E-state index contributed by atoms with van der Waals surface area (Å²) in [5.41, 5.74) is 14.6. The summed E-state index contributed by atoms with van der Waals surface area (Å²) in [7, 11) is 0. The fourth-order valence-electron chi connectivity index (χ4n) is 3.20. The van der Waals surface area contributed by atoms with E-state index in [1.165, 1.54) is 0 Å². The Morgan fingerprint density at radius 1 is 0.500 bits per heavy atom. The average molecular weight is 441 g/mol. The van der Waals surface area contributed by atoms with Crippen molar-refractivity contribution in [2.24, 2.45) is 0 Å². The second-order valence-corrected chi connectivity index (χ2v) is 8.70. The Labute approximate surface area is 188 Å². The zero-order valence-electron chi connectivity index (χ0n) is 17.0. The highest BCUT2D eigenvalue weighted by Crippen LogP contribution is 2.23. The molecule has 0 saturated carbocycles. The maximum atomic E-state index is 12.9. The first kappa shape index (κ1) is 21.4. The smallest absolute Gasteiger partial charge is 0.193 e. The van der Waals surface area contributed by atoms with Gasteiger partial charge in [-0.25, -0.2) is 0 Å². The van der Waals surface area contributed by atoms with Crippen molar-refractivity contribution >= 4 is 34.1 Å². The van der Waals surface area contributed by atoms with E-state index in [2.05, 4.69) is 0 Å². The standard InChI is InChI=1S/C26H20N2O3S/c27-21-9-1-17(2-10-21)25(29)19-5-13-23(14-6-19)32(31)24-15-7-20(8-16-24)26(30)18-3-11-22(28)12-4-18/h1-16H,27-28H2. The van der Waals surface area contributed by atoms with Crippen LogP contribution >= 0.6 is 0 Å². The number of hydrogen-bond donors (Lipinski definition) is 2. The summed E-state index contributed by atoms with van der Waals surface area (Å²) >= 11 is -1.44. The van der Waals surface area contributed by atoms with Gasteiger partial charge in [0, 0.05) is 44.8 Å². The molecule has 158 valence electrons. The highest BCUT2D eigenvalue weighted by molar-refractivity contribution is 7.91. The Bertz CT molecular complexity index is 1150. The third-order valence-corrected chi connectivity index (χ3v) is 6.41. The Morgan fingerprint density at radius 2 is 0.750 bits per heavy atom. The predicted octanol–water partition coefficient (Wildman–Crippen LogP) is 4.48. The lowest BCUT2D eigenvalue weighted by molar-refractivity contribution is 0.103. The summed E-state index contributed by atoms with van der Waals surface area (Å²) in [6.07, 6.45) is 0. The Balaban J connectivity index is 1.48. The maximum absolute atomic E-state index is 12.9. The molecule has 0 aromatic heterocycles. The van der Waals surface area contributed by atoms with Gasteiger partial charge in [-0.1, -0.05) is 0 Å². The van der Waals surface area contributed by atoms with Gasteiger partial charge in [-0.15, -0.1) is 0 Å². The average Bonchev–Trinajstić information content (AvgIpc) is 2.84.